The highest BCUT2D eigenvalue weighted by molar-refractivity contribution is 5.15. The Hall–Kier alpha value is -0.860. The molecule has 0 aromatic heterocycles. The maximum Gasteiger partial charge on any atom is 0.0551 e. The molecule has 0 amide bonds. The number of hydrogen-bond donors (Lipinski definition) is 2. The van der Waals surface area contributed by atoms with Gasteiger partial charge in [0.25, 0.3) is 0 Å². The fourth-order valence-electron chi connectivity index (χ4n) is 2.47. The second-order valence-electron chi connectivity index (χ2n) is 4.75. The fraction of sp³-hybridized carbons (Fsp3) is 0.538. The lowest BCUT2D eigenvalue weighted by atomic mass is 9.64. The third-order valence-corrected chi connectivity index (χ3v) is 3.56. The molecule has 0 atom stereocenters. The zero-order valence-electron chi connectivity index (χ0n) is 9.02. The van der Waals surface area contributed by atoms with Crippen molar-refractivity contribution in [2.45, 2.75) is 31.8 Å². The smallest absolute Gasteiger partial charge is 0.0551 e. The number of rotatable bonds is 4. The van der Waals surface area contributed by atoms with Crippen LogP contribution in [0.25, 0.3) is 0 Å². The lowest BCUT2D eigenvalue weighted by Crippen LogP contribution is -2.46. The van der Waals surface area contributed by atoms with Gasteiger partial charge in [-0.05, 0) is 43.2 Å². The molecule has 2 rings (SSSR count). The highest BCUT2D eigenvalue weighted by atomic mass is 16.3. The summed E-state index contributed by atoms with van der Waals surface area (Å²) >= 11 is 0. The van der Waals surface area contributed by atoms with Crippen molar-refractivity contribution in [3.63, 3.8) is 0 Å². The highest BCUT2D eigenvalue weighted by Crippen LogP contribution is 2.43. The van der Waals surface area contributed by atoms with E-state index in [0.717, 1.165) is 25.7 Å². The minimum absolute atomic E-state index is 0.107. The molecule has 0 spiro atoms. The molecule has 1 aliphatic rings. The van der Waals surface area contributed by atoms with E-state index in [2.05, 4.69) is 24.3 Å². The van der Waals surface area contributed by atoms with Gasteiger partial charge in [0, 0.05) is 0 Å². The Balaban J connectivity index is 1.87. The highest BCUT2D eigenvalue weighted by Gasteiger charge is 2.41. The van der Waals surface area contributed by atoms with Crippen molar-refractivity contribution in [1.29, 1.82) is 0 Å². The third kappa shape index (κ3) is 2.39. The van der Waals surface area contributed by atoms with Crippen molar-refractivity contribution in [1.82, 2.24) is 0 Å². The maximum atomic E-state index is 9.36. The normalized spacial score (nSPS) is 29.9. The quantitative estimate of drug-likeness (QED) is 0.786. The summed E-state index contributed by atoms with van der Waals surface area (Å²) in [5.41, 5.74) is 7.37. The molecule has 1 saturated carbocycles. The summed E-state index contributed by atoms with van der Waals surface area (Å²) in [6, 6.07) is 10.5. The Morgan fingerprint density at radius 2 is 1.93 bits per heavy atom. The Labute approximate surface area is 91.1 Å². The number of aliphatic hydroxyl groups excluding tert-OH is 1. The second kappa shape index (κ2) is 4.33. The summed E-state index contributed by atoms with van der Waals surface area (Å²) in [4.78, 5) is 0. The Bertz CT molecular complexity index is 304. The molecule has 0 radical (unpaired) electrons. The molecule has 2 nitrogen and oxygen atoms in total. The van der Waals surface area contributed by atoms with Gasteiger partial charge in [0.2, 0.25) is 0 Å². The Kier molecular flexibility index (Phi) is 3.08. The van der Waals surface area contributed by atoms with Gasteiger partial charge in [-0.25, -0.2) is 0 Å². The summed E-state index contributed by atoms with van der Waals surface area (Å²) in [7, 11) is 0. The molecule has 15 heavy (non-hydrogen) atoms. The molecule has 0 heterocycles. The predicted octanol–water partition coefficient (Wildman–Crippen LogP) is 1.72. The van der Waals surface area contributed by atoms with Crippen molar-refractivity contribution in [2.75, 3.05) is 6.54 Å². The van der Waals surface area contributed by atoms with Crippen molar-refractivity contribution in [2.24, 2.45) is 11.1 Å². The molecule has 0 unspecified atom stereocenters. The van der Waals surface area contributed by atoms with Gasteiger partial charge in [-0.2, -0.15) is 0 Å². The molecule has 1 aromatic carbocycles. The van der Waals surface area contributed by atoms with Crippen LogP contribution in [0.4, 0.5) is 0 Å². The van der Waals surface area contributed by atoms with Gasteiger partial charge in [-0.1, -0.05) is 30.3 Å². The van der Waals surface area contributed by atoms with Crippen LogP contribution < -0.4 is 5.73 Å². The molecule has 0 aliphatic heterocycles. The first kappa shape index (κ1) is 10.7. The zero-order chi connectivity index (χ0) is 10.7. The SMILES string of the molecule is NCC1(CCc2ccccc2)CC(O)C1. The van der Waals surface area contributed by atoms with E-state index in [4.69, 9.17) is 5.73 Å². The molecule has 1 aromatic rings. The number of benzene rings is 1. The van der Waals surface area contributed by atoms with E-state index in [1.807, 2.05) is 6.07 Å². The van der Waals surface area contributed by atoms with Crippen LogP contribution in [0.5, 0.6) is 0 Å². The lowest BCUT2D eigenvalue weighted by molar-refractivity contribution is -0.0312. The standard InChI is InChI=1S/C13H19NO/c14-10-13(8-12(15)9-13)7-6-11-4-2-1-3-5-11/h1-5,12,15H,6-10,14H2. The van der Waals surface area contributed by atoms with Crippen LogP contribution in [-0.4, -0.2) is 17.8 Å². The number of hydrogen-bond acceptors (Lipinski definition) is 2. The Morgan fingerprint density at radius 3 is 2.47 bits per heavy atom. The molecule has 2 heteroatoms. The number of aliphatic hydroxyl groups is 1. The molecule has 1 aliphatic carbocycles. The maximum absolute atomic E-state index is 9.36. The van der Waals surface area contributed by atoms with Crippen molar-refractivity contribution in [3.05, 3.63) is 35.9 Å². The summed E-state index contributed by atoms with van der Waals surface area (Å²) < 4.78 is 0. The molecule has 82 valence electrons. The van der Waals surface area contributed by atoms with Crippen molar-refractivity contribution < 1.29 is 5.11 Å². The summed E-state index contributed by atoms with van der Waals surface area (Å²) in [6.07, 6.45) is 3.84. The predicted molar refractivity (Wildman–Crippen MR) is 61.5 cm³/mol. The topological polar surface area (TPSA) is 46.2 Å². The van der Waals surface area contributed by atoms with E-state index >= 15 is 0 Å². The van der Waals surface area contributed by atoms with Gasteiger partial charge >= 0.3 is 0 Å². The van der Waals surface area contributed by atoms with Gasteiger partial charge in [0.05, 0.1) is 6.10 Å². The largest absolute Gasteiger partial charge is 0.393 e. The molecule has 3 N–H and O–H groups in total. The minimum Gasteiger partial charge on any atom is -0.393 e. The fourth-order valence-corrected chi connectivity index (χ4v) is 2.47. The zero-order valence-corrected chi connectivity index (χ0v) is 9.02. The van der Waals surface area contributed by atoms with Gasteiger partial charge in [0.15, 0.2) is 0 Å². The summed E-state index contributed by atoms with van der Waals surface area (Å²) in [5, 5.41) is 9.36. The number of nitrogens with two attached hydrogens (primary N) is 1. The van der Waals surface area contributed by atoms with E-state index in [-0.39, 0.29) is 11.5 Å². The average Bonchev–Trinajstić information content (AvgIpc) is 2.24. The molecule has 1 fully saturated rings. The van der Waals surface area contributed by atoms with Crippen molar-refractivity contribution >= 4 is 0 Å². The van der Waals surface area contributed by atoms with Gasteiger partial charge in [0.1, 0.15) is 0 Å². The first-order valence-corrected chi connectivity index (χ1v) is 5.66. The number of aryl methyl sites for hydroxylation is 1. The van der Waals surface area contributed by atoms with E-state index in [0.29, 0.717) is 6.54 Å². The van der Waals surface area contributed by atoms with Gasteiger partial charge in [-0.15, -0.1) is 0 Å². The third-order valence-electron chi connectivity index (χ3n) is 3.56. The van der Waals surface area contributed by atoms with Gasteiger partial charge < -0.3 is 10.8 Å². The van der Waals surface area contributed by atoms with Crippen LogP contribution in [0, 0.1) is 5.41 Å². The first-order chi connectivity index (χ1) is 7.24. The minimum atomic E-state index is -0.107. The van der Waals surface area contributed by atoms with Crippen LogP contribution in [0.15, 0.2) is 30.3 Å². The van der Waals surface area contributed by atoms with Gasteiger partial charge in [-0.3, -0.25) is 0 Å². The average molecular weight is 205 g/mol. The Morgan fingerprint density at radius 1 is 1.27 bits per heavy atom. The van der Waals surface area contributed by atoms with Crippen LogP contribution in [-0.2, 0) is 6.42 Å². The lowest BCUT2D eigenvalue weighted by Gasteiger charge is -2.45. The van der Waals surface area contributed by atoms with E-state index < -0.39 is 0 Å². The van der Waals surface area contributed by atoms with E-state index in [1.165, 1.54) is 5.56 Å². The first-order valence-electron chi connectivity index (χ1n) is 5.66. The summed E-state index contributed by atoms with van der Waals surface area (Å²) in [5.74, 6) is 0. The van der Waals surface area contributed by atoms with Crippen LogP contribution in [0.3, 0.4) is 0 Å². The van der Waals surface area contributed by atoms with E-state index in [1.54, 1.807) is 0 Å². The van der Waals surface area contributed by atoms with Crippen LogP contribution in [0.2, 0.25) is 0 Å². The van der Waals surface area contributed by atoms with Crippen molar-refractivity contribution in [3.8, 4) is 0 Å². The molecular weight excluding hydrogens is 186 g/mol. The summed E-state index contributed by atoms with van der Waals surface area (Å²) in [6.45, 7) is 0.705. The van der Waals surface area contributed by atoms with Crippen LogP contribution in [0.1, 0.15) is 24.8 Å². The molecule has 0 saturated heterocycles. The monoisotopic (exact) mass is 205 g/mol. The molecule has 0 bridgehead atoms. The van der Waals surface area contributed by atoms with Crippen LogP contribution >= 0.6 is 0 Å². The van der Waals surface area contributed by atoms with E-state index in [9.17, 15) is 5.11 Å². The molecular formula is C13H19NO. The second-order valence-corrected chi connectivity index (χ2v) is 4.75.